The zero-order valence-corrected chi connectivity index (χ0v) is 12.2. The summed E-state index contributed by atoms with van der Waals surface area (Å²) in [6.45, 7) is -0.216. The van der Waals surface area contributed by atoms with Crippen molar-refractivity contribution in [2.24, 2.45) is 0 Å². The molecule has 0 bridgehead atoms. The Morgan fingerprint density at radius 2 is 2.00 bits per heavy atom. The molecule has 6 heteroatoms. The smallest absolute Gasteiger partial charge is 0.351 e. The zero-order valence-electron chi connectivity index (χ0n) is 11.4. The third kappa shape index (κ3) is 2.99. The molecule has 1 heterocycles. The maximum atomic E-state index is 13.6. The van der Waals surface area contributed by atoms with E-state index in [1.165, 1.54) is 18.2 Å². The number of esters is 1. The molecule has 0 saturated carbocycles. The summed E-state index contributed by atoms with van der Waals surface area (Å²) in [4.78, 5) is 12.0. The normalized spacial score (nSPS) is 16.2. The average Bonchev–Trinajstić information content (AvgIpc) is 2.53. The number of para-hydroxylation sites is 2. The molecule has 22 heavy (non-hydrogen) atoms. The van der Waals surface area contributed by atoms with Crippen molar-refractivity contribution >= 4 is 17.6 Å². The lowest BCUT2D eigenvalue weighted by molar-refractivity contribution is -0.155. The molecule has 114 valence electrons. The Kier molecular flexibility index (Phi) is 4.15. The highest BCUT2D eigenvalue weighted by Gasteiger charge is 2.29. The highest BCUT2D eigenvalue weighted by molar-refractivity contribution is 6.31. The second kappa shape index (κ2) is 6.23. The van der Waals surface area contributed by atoms with Crippen molar-refractivity contribution in [1.82, 2.24) is 0 Å². The molecule has 1 aliphatic rings. The van der Waals surface area contributed by atoms with Crippen molar-refractivity contribution in [3.63, 3.8) is 0 Å². The molecule has 0 radical (unpaired) electrons. The Labute approximate surface area is 131 Å². The van der Waals surface area contributed by atoms with Crippen LogP contribution in [0.2, 0.25) is 5.02 Å². The van der Waals surface area contributed by atoms with E-state index in [4.69, 9.17) is 25.8 Å². The lowest BCUT2D eigenvalue weighted by Crippen LogP contribution is -2.37. The first kappa shape index (κ1) is 14.7. The van der Waals surface area contributed by atoms with E-state index in [0.29, 0.717) is 11.5 Å². The van der Waals surface area contributed by atoms with Crippen molar-refractivity contribution in [3.8, 4) is 11.5 Å². The summed E-state index contributed by atoms with van der Waals surface area (Å²) in [5.41, 5.74) is 0.134. The van der Waals surface area contributed by atoms with Crippen LogP contribution in [0.25, 0.3) is 0 Å². The van der Waals surface area contributed by atoms with Crippen molar-refractivity contribution in [3.05, 3.63) is 58.9 Å². The molecule has 1 atom stereocenters. The maximum absolute atomic E-state index is 13.6. The molecule has 2 aromatic carbocycles. The first-order valence-corrected chi connectivity index (χ1v) is 7.01. The second-order valence-electron chi connectivity index (χ2n) is 4.67. The SMILES string of the molecule is O=C(OCc1c(F)cccc1Cl)[C@@H]1COc2ccccc2O1. The fourth-order valence-electron chi connectivity index (χ4n) is 2.04. The zero-order chi connectivity index (χ0) is 15.5. The molecular formula is C16H12ClFO4. The largest absolute Gasteiger partial charge is 0.485 e. The van der Waals surface area contributed by atoms with E-state index in [1.54, 1.807) is 24.3 Å². The summed E-state index contributed by atoms with van der Waals surface area (Å²) in [6, 6.07) is 11.3. The molecule has 2 aromatic rings. The number of fused-ring (bicyclic) bond motifs is 1. The molecule has 0 aromatic heterocycles. The van der Waals surface area contributed by atoms with E-state index in [1.807, 2.05) is 0 Å². The molecule has 0 amide bonds. The third-order valence-electron chi connectivity index (χ3n) is 3.19. The lowest BCUT2D eigenvalue weighted by Gasteiger charge is -2.25. The van der Waals surface area contributed by atoms with E-state index >= 15 is 0 Å². The van der Waals surface area contributed by atoms with Crippen LogP contribution in [0.3, 0.4) is 0 Å². The predicted octanol–water partition coefficient (Wildman–Crippen LogP) is 3.36. The van der Waals surface area contributed by atoms with Crippen molar-refractivity contribution in [2.75, 3.05) is 6.61 Å². The van der Waals surface area contributed by atoms with Gasteiger partial charge in [-0.05, 0) is 24.3 Å². The summed E-state index contributed by atoms with van der Waals surface area (Å²) in [5, 5.41) is 0.207. The summed E-state index contributed by atoms with van der Waals surface area (Å²) in [7, 11) is 0. The van der Waals surface area contributed by atoms with Crippen molar-refractivity contribution in [1.29, 1.82) is 0 Å². The number of carbonyl (C=O) groups excluding carboxylic acids is 1. The Morgan fingerprint density at radius 3 is 2.77 bits per heavy atom. The van der Waals surface area contributed by atoms with Crippen molar-refractivity contribution < 1.29 is 23.4 Å². The molecule has 3 rings (SSSR count). The number of rotatable bonds is 3. The van der Waals surface area contributed by atoms with Crippen LogP contribution in [0.4, 0.5) is 4.39 Å². The van der Waals surface area contributed by atoms with Crippen LogP contribution in [0.5, 0.6) is 11.5 Å². The number of ether oxygens (including phenoxy) is 3. The first-order chi connectivity index (χ1) is 10.6. The van der Waals surface area contributed by atoms with Gasteiger partial charge in [-0.1, -0.05) is 29.8 Å². The molecule has 0 unspecified atom stereocenters. The average molecular weight is 323 g/mol. The van der Waals surface area contributed by atoms with E-state index in [9.17, 15) is 9.18 Å². The highest BCUT2D eigenvalue weighted by Crippen LogP contribution is 2.31. The summed E-state index contributed by atoms with van der Waals surface area (Å²) in [5.74, 6) is -0.108. The third-order valence-corrected chi connectivity index (χ3v) is 3.55. The molecule has 0 fully saturated rings. The van der Waals surface area contributed by atoms with Gasteiger partial charge in [-0.2, -0.15) is 0 Å². The van der Waals surface area contributed by atoms with E-state index in [2.05, 4.69) is 0 Å². The van der Waals surface area contributed by atoms with E-state index in [-0.39, 0.29) is 23.8 Å². The van der Waals surface area contributed by atoms with Crippen LogP contribution < -0.4 is 9.47 Å². The Morgan fingerprint density at radius 1 is 1.23 bits per heavy atom. The molecule has 0 aliphatic carbocycles. The summed E-state index contributed by atoms with van der Waals surface area (Å²) >= 11 is 5.88. The summed E-state index contributed by atoms with van der Waals surface area (Å²) in [6.07, 6.45) is -0.888. The molecule has 4 nitrogen and oxygen atoms in total. The Hall–Kier alpha value is -2.27. The molecule has 1 aliphatic heterocycles. The predicted molar refractivity (Wildman–Crippen MR) is 77.6 cm³/mol. The van der Waals surface area contributed by atoms with E-state index in [0.717, 1.165) is 0 Å². The number of hydrogen-bond acceptors (Lipinski definition) is 4. The van der Waals surface area contributed by atoms with Crippen LogP contribution in [0.1, 0.15) is 5.56 Å². The van der Waals surface area contributed by atoms with Crippen LogP contribution in [0.15, 0.2) is 42.5 Å². The van der Waals surface area contributed by atoms with Crippen LogP contribution in [0, 0.1) is 5.82 Å². The van der Waals surface area contributed by atoms with Gasteiger partial charge < -0.3 is 14.2 Å². The molecule has 0 N–H and O–H groups in total. The topological polar surface area (TPSA) is 44.8 Å². The second-order valence-corrected chi connectivity index (χ2v) is 5.08. The van der Waals surface area contributed by atoms with Gasteiger partial charge in [-0.25, -0.2) is 9.18 Å². The van der Waals surface area contributed by atoms with Gasteiger partial charge in [0.05, 0.1) is 5.02 Å². The fourth-order valence-corrected chi connectivity index (χ4v) is 2.26. The first-order valence-electron chi connectivity index (χ1n) is 6.63. The van der Waals surface area contributed by atoms with Crippen LogP contribution >= 0.6 is 11.6 Å². The van der Waals surface area contributed by atoms with E-state index < -0.39 is 17.9 Å². The van der Waals surface area contributed by atoms with Gasteiger partial charge in [0.25, 0.3) is 0 Å². The van der Waals surface area contributed by atoms with Crippen molar-refractivity contribution in [2.45, 2.75) is 12.7 Å². The van der Waals surface area contributed by atoms with Gasteiger partial charge in [-0.3, -0.25) is 0 Å². The monoisotopic (exact) mass is 322 g/mol. The van der Waals surface area contributed by atoms with Gasteiger partial charge >= 0.3 is 5.97 Å². The molecule has 0 saturated heterocycles. The van der Waals surface area contributed by atoms with Gasteiger partial charge in [0.15, 0.2) is 11.5 Å². The Bertz CT molecular complexity index is 684. The minimum atomic E-state index is -0.888. The lowest BCUT2D eigenvalue weighted by atomic mass is 10.2. The highest BCUT2D eigenvalue weighted by atomic mass is 35.5. The summed E-state index contributed by atoms with van der Waals surface area (Å²) < 4.78 is 29.6. The minimum Gasteiger partial charge on any atom is -0.485 e. The van der Waals surface area contributed by atoms with Gasteiger partial charge in [0.2, 0.25) is 6.10 Å². The molecular weight excluding hydrogens is 311 g/mol. The van der Waals surface area contributed by atoms with Gasteiger partial charge in [0, 0.05) is 5.56 Å². The Balaban J connectivity index is 1.64. The number of hydrogen-bond donors (Lipinski definition) is 0. The molecule has 0 spiro atoms. The number of halogens is 2. The number of carbonyl (C=O) groups is 1. The fraction of sp³-hybridized carbons (Fsp3) is 0.188. The van der Waals surface area contributed by atoms with Crippen LogP contribution in [-0.2, 0) is 16.1 Å². The maximum Gasteiger partial charge on any atom is 0.351 e. The standard InChI is InChI=1S/C16H12ClFO4/c17-11-4-3-5-12(18)10(11)8-21-16(19)15-9-20-13-6-1-2-7-14(13)22-15/h1-7,15H,8-9H2/t15-/m0/s1. The van der Waals surface area contributed by atoms with Gasteiger partial charge in [0.1, 0.15) is 19.0 Å². The quantitative estimate of drug-likeness (QED) is 0.813. The van der Waals surface area contributed by atoms with Gasteiger partial charge in [-0.15, -0.1) is 0 Å². The number of benzene rings is 2. The van der Waals surface area contributed by atoms with Crippen LogP contribution in [-0.4, -0.2) is 18.7 Å². The minimum absolute atomic E-state index is 0.0425.